The SMILES string of the molecule is COc1ccc(CN(C)C(C)C2CC2)cc1C#CCO. The highest BCUT2D eigenvalue weighted by Gasteiger charge is 2.30. The third-order valence-electron chi connectivity index (χ3n) is 4.00. The first-order valence-electron chi connectivity index (χ1n) is 7.12. The van der Waals surface area contributed by atoms with Gasteiger partial charge in [0.1, 0.15) is 12.4 Å². The number of benzene rings is 1. The molecule has 0 spiro atoms. The van der Waals surface area contributed by atoms with Crippen LogP contribution in [0.25, 0.3) is 0 Å². The first-order valence-corrected chi connectivity index (χ1v) is 7.12. The summed E-state index contributed by atoms with van der Waals surface area (Å²) in [6.07, 6.45) is 2.72. The molecule has 0 heterocycles. The molecule has 20 heavy (non-hydrogen) atoms. The van der Waals surface area contributed by atoms with Gasteiger partial charge in [0.05, 0.1) is 12.7 Å². The molecule has 108 valence electrons. The molecule has 3 nitrogen and oxygen atoms in total. The highest BCUT2D eigenvalue weighted by atomic mass is 16.5. The molecule has 0 saturated heterocycles. The minimum Gasteiger partial charge on any atom is -0.495 e. The summed E-state index contributed by atoms with van der Waals surface area (Å²) in [6.45, 7) is 3.08. The lowest BCUT2D eigenvalue weighted by Gasteiger charge is -2.24. The van der Waals surface area contributed by atoms with Crippen LogP contribution in [0.3, 0.4) is 0 Å². The average molecular weight is 273 g/mol. The van der Waals surface area contributed by atoms with Gasteiger partial charge in [-0.05, 0) is 50.4 Å². The first kappa shape index (κ1) is 14.9. The molecule has 1 saturated carbocycles. The number of hydrogen-bond acceptors (Lipinski definition) is 3. The Balaban J connectivity index is 2.11. The average Bonchev–Trinajstić information content (AvgIpc) is 3.29. The summed E-state index contributed by atoms with van der Waals surface area (Å²) in [4.78, 5) is 2.39. The minimum atomic E-state index is -0.133. The van der Waals surface area contributed by atoms with Crippen molar-refractivity contribution in [3.63, 3.8) is 0 Å². The Morgan fingerprint density at radius 1 is 1.45 bits per heavy atom. The second-order valence-corrected chi connectivity index (χ2v) is 5.49. The molecule has 1 unspecified atom stereocenters. The maximum Gasteiger partial charge on any atom is 0.134 e. The van der Waals surface area contributed by atoms with Crippen molar-refractivity contribution in [2.75, 3.05) is 20.8 Å². The second-order valence-electron chi connectivity index (χ2n) is 5.49. The van der Waals surface area contributed by atoms with Crippen molar-refractivity contribution in [3.8, 4) is 17.6 Å². The Morgan fingerprint density at radius 3 is 2.80 bits per heavy atom. The minimum absolute atomic E-state index is 0.133. The number of methoxy groups -OCH3 is 1. The molecule has 0 radical (unpaired) electrons. The monoisotopic (exact) mass is 273 g/mol. The summed E-state index contributed by atoms with van der Waals surface area (Å²) in [5.41, 5.74) is 2.06. The first-order chi connectivity index (χ1) is 9.65. The van der Waals surface area contributed by atoms with Crippen LogP contribution in [0.2, 0.25) is 0 Å². The number of aliphatic hydroxyl groups is 1. The van der Waals surface area contributed by atoms with Crippen LogP contribution in [0.5, 0.6) is 5.75 Å². The van der Waals surface area contributed by atoms with Gasteiger partial charge in [-0.3, -0.25) is 4.90 Å². The third kappa shape index (κ3) is 3.75. The lowest BCUT2D eigenvalue weighted by molar-refractivity contribution is 0.226. The third-order valence-corrected chi connectivity index (χ3v) is 4.00. The summed E-state index contributed by atoms with van der Waals surface area (Å²) in [7, 11) is 3.81. The smallest absolute Gasteiger partial charge is 0.134 e. The number of nitrogens with zero attached hydrogens (tertiary/aromatic N) is 1. The van der Waals surface area contributed by atoms with Gasteiger partial charge in [0.25, 0.3) is 0 Å². The van der Waals surface area contributed by atoms with E-state index in [4.69, 9.17) is 9.84 Å². The maximum absolute atomic E-state index is 8.82. The molecule has 0 amide bonds. The van der Waals surface area contributed by atoms with Gasteiger partial charge in [-0.2, -0.15) is 0 Å². The van der Waals surface area contributed by atoms with Crippen LogP contribution in [0, 0.1) is 17.8 Å². The Bertz CT molecular complexity index is 511. The van der Waals surface area contributed by atoms with E-state index in [-0.39, 0.29) is 6.61 Å². The van der Waals surface area contributed by atoms with E-state index in [2.05, 4.69) is 42.8 Å². The van der Waals surface area contributed by atoms with Crippen molar-refractivity contribution in [1.82, 2.24) is 4.90 Å². The van der Waals surface area contributed by atoms with Crippen molar-refractivity contribution in [2.24, 2.45) is 5.92 Å². The topological polar surface area (TPSA) is 32.7 Å². The summed E-state index contributed by atoms with van der Waals surface area (Å²) in [5.74, 6) is 7.26. The van der Waals surface area contributed by atoms with Crippen molar-refractivity contribution < 1.29 is 9.84 Å². The standard InChI is InChI=1S/C17H23NO2/c1-13(15-7-8-15)18(2)12-14-6-9-17(20-3)16(11-14)5-4-10-19/h6,9,11,13,15,19H,7-8,10,12H2,1-3H3. The molecule has 0 aromatic heterocycles. The molecular formula is C17H23NO2. The van der Waals surface area contributed by atoms with Gasteiger partial charge in [-0.1, -0.05) is 17.9 Å². The molecule has 3 heteroatoms. The van der Waals surface area contributed by atoms with Crippen LogP contribution >= 0.6 is 0 Å². The lowest BCUT2D eigenvalue weighted by Crippen LogP contribution is -2.30. The Kier molecular flexibility index (Phi) is 5.05. The molecule has 2 rings (SSSR count). The highest BCUT2D eigenvalue weighted by Crippen LogP contribution is 2.35. The normalized spacial score (nSPS) is 15.7. The van der Waals surface area contributed by atoms with E-state index in [0.29, 0.717) is 6.04 Å². The fourth-order valence-electron chi connectivity index (χ4n) is 2.46. The maximum atomic E-state index is 8.82. The molecule has 1 aromatic carbocycles. The number of hydrogen-bond donors (Lipinski definition) is 1. The summed E-state index contributed by atoms with van der Waals surface area (Å²) < 4.78 is 5.30. The van der Waals surface area contributed by atoms with Gasteiger partial charge in [-0.15, -0.1) is 0 Å². The zero-order valence-electron chi connectivity index (χ0n) is 12.5. The molecule has 1 atom stereocenters. The summed E-state index contributed by atoms with van der Waals surface area (Å²) >= 11 is 0. The Hall–Kier alpha value is -1.50. The van der Waals surface area contributed by atoms with E-state index in [1.165, 1.54) is 18.4 Å². The summed E-state index contributed by atoms with van der Waals surface area (Å²) in [5, 5.41) is 8.82. The van der Waals surface area contributed by atoms with E-state index in [0.717, 1.165) is 23.8 Å². The molecule has 1 aromatic rings. The molecule has 0 aliphatic heterocycles. The fourth-order valence-corrected chi connectivity index (χ4v) is 2.46. The molecule has 1 N–H and O–H groups in total. The highest BCUT2D eigenvalue weighted by molar-refractivity contribution is 5.48. The van der Waals surface area contributed by atoms with Crippen molar-refractivity contribution in [3.05, 3.63) is 29.3 Å². The van der Waals surface area contributed by atoms with Gasteiger partial charge >= 0.3 is 0 Å². The van der Waals surface area contributed by atoms with E-state index >= 15 is 0 Å². The van der Waals surface area contributed by atoms with Gasteiger partial charge in [0.2, 0.25) is 0 Å². The van der Waals surface area contributed by atoms with Crippen molar-refractivity contribution in [2.45, 2.75) is 32.4 Å². The fraction of sp³-hybridized carbons (Fsp3) is 0.529. The summed E-state index contributed by atoms with van der Waals surface area (Å²) in [6, 6.07) is 6.72. The number of ether oxygens (including phenoxy) is 1. The van der Waals surface area contributed by atoms with Crippen molar-refractivity contribution >= 4 is 0 Å². The largest absolute Gasteiger partial charge is 0.495 e. The van der Waals surface area contributed by atoms with E-state index in [1.807, 2.05) is 6.07 Å². The van der Waals surface area contributed by atoms with Gasteiger partial charge < -0.3 is 9.84 Å². The van der Waals surface area contributed by atoms with Crippen LogP contribution in [-0.2, 0) is 6.54 Å². The Morgan fingerprint density at radius 2 is 2.20 bits per heavy atom. The van der Waals surface area contributed by atoms with Gasteiger partial charge in [-0.25, -0.2) is 0 Å². The zero-order valence-corrected chi connectivity index (χ0v) is 12.5. The van der Waals surface area contributed by atoms with Gasteiger partial charge in [0, 0.05) is 12.6 Å². The number of rotatable bonds is 5. The van der Waals surface area contributed by atoms with E-state index in [9.17, 15) is 0 Å². The van der Waals surface area contributed by atoms with Crippen LogP contribution < -0.4 is 4.74 Å². The quantitative estimate of drug-likeness (QED) is 0.835. The van der Waals surface area contributed by atoms with Crippen LogP contribution in [-0.4, -0.2) is 36.8 Å². The Labute approximate surface area is 121 Å². The molecule has 1 aliphatic rings. The predicted octanol–water partition coefficient (Wildman–Crippen LogP) is 2.27. The molecule has 1 fully saturated rings. The van der Waals surface area contributed by atoms with Crippen molar-refractivity contribution in [1.29, 1.82) is 0 Å². The van der Waals surface area contributed by atoms with Gasteiger partial charge in [0.15, 0.2) is 0 Å². The van der Waals surface area contributed by atoms with Crippen LogP contribution in [0.15, 0.2) is 18.2 Å². The molecule has 1 aliphatic carbocycles. The van der Waals surface area contributed by atoms with E-state index in [1.54, 1.807) is 7.11 Å². The zero-order chi connectivity index (χ0) is 14.5. The van der Waals surface area contributed by atoms with Crippen LogP contribution in [0.1, 0.15) is 30.9 Å². The second kappa shape index (κ2) is 6.78. The van der Waals surface area contributed by atoms with E-state index < -0.39 is 0 Å². The number of aliphatic hydroxyl groups excluding tert-OH is 1. The lowest BCUT2D eigenvalue weighted by atomic mass is 10.1. The molecular weight excluding hydrogens is 250 g/mol. The molecule has 0 bridgehead atoms. The predicted molar refractivity (Wildman–Crippen MR) is 80.6 cm³/mol. The van der Waals surface area contributed by atoms with Crippen LogP contribution in [0.4, 0.5) is 0 Å².